The van der Waals surface area contributed by atoms with Crippen LogP contribution in [-0.2, 0) is 13.0 Å². The maximum atomic E-state index is 5.80. The summed E-state index contributed by atoms with van der Waals surface area (Å²) in [5.74, 6) is 0.755. The average molecular weight is 263 g/mol. The number of aryl methyl sites for hydroxylation is 1. The molecule has 0 fully saturated rings. The van der Waals surface area contributed by atoms with E-state index in [-0.39, 0.29) is 0 Å². The Hall–Kier alpha value is -1.75. The molecule has 0 aliphatic rings. The maximum absolute atomic E-state index is 5.80. The first-order chi connectivity index (χ1) is 8.71. The lowest BCUT2D eigenvalue weighted by Gasteiger charge is -2.08. The SMILES string of the molecule is CCc1cnc(CNc2cc(N)cc(OC)c2)s1. The molecule has 4 nitrogen and oxygen atoms in total. The van der Waals surface area contributed by atoms with Crippen molar-refractivity contribution >= 4 is 22.7 Å². The van der Waals surface area contributed by atoms with Gasteiger partial charge in [-0.1, -0.05) is 6.92 Å². The number of thiazole rings is 1. The smallest absolute Gasteiger partial charge is 0.122 e. The fourth-order valence-corrected chi connectivity index (χ4v) is 2.42. The fraction of sp³-hybridized carbons (Fsp3) is 0.308. The molecule has 5 heteroatoms. The van der Waals surface area contributed by atoms with E-state index in [0.29, 0.717) is 12.2 Å². The normalized spacial score (nSPS) is 10.3. The first kappa shape index (κ1) is 12.7. The number of nitrogens with two attached hydrogens (primary N) is 1. The highest BCUT2D eigenvalue weighted by Gasteiger charge is 2.02. The van der Waals surface area contributed by atoms with Crippen molar-refractivity contribution in [3.8, 4) is 5.75 Å². The van der Waals surface area contributed by atoms with Crippen molar-refractivity contribution in [1.82, 2.24) is 4.98 Å². The van der Waals surface area contributed by atoms with Gasteiger partial charge in [0.2, 0.25) is 0 Å². The van der Waals surface area contributed by atoms with Gasteiger partial charge in [0.15, 0.2) is 0 Å². The number of nitrogen functional groups attached to an aromatic ring is 1. The van der Waals surface area contributed by atoms with Crippen molar-refractivity contribution in [1.29, 1.82) is 0 Å². The second-order valence-corrected chi connectivity index (χ2v) is 5.12. The number of nitrogens with zero attached hydrogens (tertiary/aromatic N) is 1. The van der Waals surface area contributed by atoms with Crippen molar-refractivity contribution in [3.63, 3.8) is 0 Å². The minimum absolute atomic E-state index is 0.685. The van der Waals surface area contributed by atoms with E-state index in [9.17, 15) is 0 Å². The Morgan fingerprint density at radius 3 is 2.89 bits per heavy atom. The predicted molar refractivity (Wildman–Crippen MR) is 76.2 cm³/mol. The third kappa shape index (κ3) is 3.13. The first-order valence-electron chi connectivity index (χ1n) is 5.83. The van der Waals surface area contributed by atoms with Gasteiger partial charge in [-0.25, -0.2) is 4.98 Å². The molecule has 2 rings (SSSR count). The maximum Gasteiger partial charge on any atom is 0.122 e. The highest BCUT2D eigenvalue weighted by Crippen LogP contribution is 2.23. The summed E-state index contributed by atoms with van der Waals surface area (Å²) in [6, 6.07) is 5.60. The molecule has 0 aliphatic heterocycles. The molecule has 0 spiro atoms. The monoisotopic (exact) mass is 263 g/mol. The molecule has 96 valence electrons. The highest BCUT2D eigenvalue weighted by atomic mass is 32.1. The predicted octanol–water partition coefficient (Wildman–Crippen LogP) is 2.91. The van der Waals surface area contributed by atoms with E-state index < -0.39 is 0 Å². The zero-order chi connectivity index (χ0) is 13.0. The number of nitrogens with one attached hydrogen (secondary N) is 1. The summed E-state index contributed by atoms with van der Waals surface area (Å²) < 4.78 is 5.18. The van der Waals surface area contributed by atoms with E-state index in [1.807, 2.05) is 18.3 Å². The summed E-state index contributed by atoms with van der Waals surface area (Å²) in [5, 5.41) is 4.38. The third-order valence-corrected chi connectivity index (χ3v) is 3.70. The van der Waals surface area contributed by atoms with Gasteiger partial charge >= 0.3 is 0 Å². The lowest BCUT2D eigenvalue weighted by atomic mass is 10.2. The van der Waals surface area contributed by atoms with Gasteiger partial charge in [-0.2, -0.15) is 0 Å². The number of anilines is 2. The summed E-state index contributed by atoms with van der Waals surface area (Å²) in [4.78, 5) is 5.66. The van der Waals surface area contributed by atoms with Gasteiger partial charge in [0.25, 0.3) is 0 Å². The van der Waals surface area contributed by atoms with E-state index >= 15 is 0 Å². The number of methoxy groups -OCH3 is 1. The molecule has 18 heavy (non-hydrogen) atoms. The van der Waals surface area contributed by atoms with Crippen LogP contribution in [0, 0.1) is 0 Å². The molecule has 0 amide bonds. The van der Waals surface area contributed by atoms with Crippen LogP contribution in [0.1, 0.15) is 16.8 Å². The van der Waals surface area contributed by atoms with Gasteiger partial charge in [0.1, 0.15) is 10.8 Å². The van der Waals surface area contributed by atoms with Crippen LogP contribution in [0.25, 0.3) is 0 Å². The summed E-state index contributed by atoms with van der Waals surface area (Å²) >= 11 is 1.73. The van der Waals surface area contributed by atoms with Crippen LogP contribution in [0.3, 0.4) is 0 Å². The minimum atomic E-state index is 0.685. The highest BCUT2D eigenvalue weighted by molar-refractivity contribution is 7.11. The number of ether oxygens (including phenoxy) is 1. The molecule has 0 aliphatic carbocycles. The molecule has 2 aromatic rings. The molecule has 0 atom stereocenters. The molecule has 0 bridgehead atoms. The zero-order valence-electron chi connectivity index (χ0n) is 10.6. The number of benzene rings is 1. The van der Waals surface area contributed by atoms with Gasteiger partial charge in [-0.15, -0.1) is 11.3 Å². The Kier molecular flexibility index (Phi) is 4.04. The van der Waals surface area contributed by atoms with Crippen molar-refractivity contribution in [2.75, 3.05) is 18.2 Å². The van der Waals surface area contributed by atoms with Crippen molar-refractivity contribution < 1.29 is 4.74 Å². The van der Waals surface area contributed by atoms with E-state index in [1.165, 1.54) is 4.88 Å². The molecule has 0 unspecified atom stereocenters. The zero-order valence-corrected chi connectivity index (χ0v) is 11.4. The van der Waals surface area contributed by atoms with Crippen molar-refractivity contribution in [3.05, 3.63) is 34.3 Å². The van der Waals surface area contributed by atoms with E-state index in [4.69, 9.17) is 10.5 Å². The number of hydrogen-bond acceptors (Lipinski definition) is 5. The fourth-order valence-electron chi connectivity index (χ4n) is 1.61. The summed E-state index contributed by atoms with van der Waals surface area (Å²) in [5.41, 5.74) is 7.43. The molecule has 3 N–H and O–H groups in total. The Labute approximate surface area is 111 Å². The van der Waals surface area contributed by atoms with Gasteiger partial charge in [0, 0.05) is 34.6 Å². The summed E-state index contributed by atoms with van der Waals surface area (Å²) in [7, 11) is 1.63. The third-order valence-electron chi connectivity index (χ3n) is 2.56. The lowest BCUT2D eigenvalue weighted by Crippen LogP contribution is -2.00. The Morgan fingerprint density at radius 1 is 1.39 bits per heavy atom. The summed E-state index contributed by atoms with van der Waals surface area (Å²) in [6.45, 7) is 2.84. The van der Waals surface area contributed by atoms with Gasteiger partial charge < -0.3 is 15.8 Å². The van der Waals surface area contributed by atoms with Crippen LogP contribution in [-0.4, -0.2) is 12.1 Å². The molecule has 0 saturated heterocycles. The molecule has 1 aromatic heterocycles. The number of rotatable bonds is 5. The Bertz CT molecular complexity index is 525. The van der Waals surface area contributed by atoms with Crippen molar-refractivity contribution in [2.24, 2.45) is 0 Å². The van der Waals surface area contributed by atoms with Crippen LogP contribution in [0.2, 0.25) is 0 Å². The van der Waals surface area contributed by atoms with Gasteiger partial charge in [-0.3, -0.25) is 0 Å². The standard InChI is InChI=1S/C13H17N3OS/c1-3-12-7-16-13(18-12)8-15-10-4-9(14)5-11(6-10)17-2/h4-7,15H,3,8,14H2,1-2H3. The van der Waals surface area contributed by atoms with Crippen LogP contribution in [0.5, 0.6) is 5.75 Å². The van der Waals surface area contributed by atoms with Crippen LogP contribution in [0.4, 0.5) is 11.4 Å². The van der Waals surface area contributed by atoms with Gasteiger partial charge in [-0.05, 0) is 12.5 Å². The lowest BCUT2D eigenvalue weighted by molar-refractivity contribution is 0.415. The minimum Gasteiger partial charge on any atom is -0.497 e. The molecule has 1 aromatic carbocycles. The number of hydrogen-bond donors (Lipinski definition) is 2. The van der Waals surface area contributed by atoms with Crippen molar-refractivity contribution in [2.45, 2.75) is 19.9 Å². The average Bonchev–Trinajstić information content (AvgIpc) is 2.83. The molecular formula is C13H17N3OS. The van der Waals surface area contributed by atoms with E-state index in [0.717, 1.165) is 22.9 Å². The first-order valence-corrected chi connectivity index (χ1v) is 6.65. The van der Waals surface area contributed by atoms with Crippen LogP contribution in [0.15, 0.2) is 24.4 Å². The second-order valence-electron chi connectivity index (χ2n) is 3.92. The Balaban J connectivity index is 2.03. The van der Waals surface area contributed by atoms with Crippen LogP contribution >= 0.6 is 11.3 Å². The largest absolute Gasteiger partial charge is 0.497 e. The molecule has 0 saturated carbocycles. The molecule has 1 heterocycles. The molecular weight excluding hydrogens is 246 g/mol. The topological polar surface area (TPSA) is 60.2 Å². The Morgan fingerprint density at radius 2 is 2.22 bits per heavy atom. The van der Waals surface area contributed by atoms with E-state index in [2.05, 4.69) is 17.2 Å². The molecule has 0 radical (unpaired) electrons. The quantitative estimate of drug-likeness (QED) is 0.814. The number of aromatic nitrogens is 1. The summed E-state index contributed by atoms with van der Waals surface area (Å²) in [6.07, 6.45) is 2.96. The van der Waals surface area contributed by atoms with Crippen LogP contribution < -0.4 is 15.8 Å². The van der Waals surface area contributed by atoms with Gasteiger partial charge in [0.05, 0.1) is 13.7 Å². The van der Waals surface area contributed by atoms with E-state index in [1.54, 1.807) is 24.5 Å². The second kappa shape index (κ2) is 5.73.